The van der Waals surface area contributed by atoms with Gasteiger partial charge in [-0.1, -0.05) is 13.8 Å². The highest BCUT2D eigenvalue weighted by Gasteiger charge is 2.34. The SMILES string of the molecule is CCN1CCCC1CN(C)C(=O)NC(C)(CC)C(=O)O. The number of amides is 2. The largest absolute Gasteiger partial charge is 0.480 e. The van der Waals surface area contributed by atoms with E-state index in [1.54, 1.807) is 18.9 Å². The van der Waals surface area contributed by atoms with Crippen LogP contribution in [0.2, 0.25) is 0 Å². The minimum Gasteiger partial charge on any atom is -0.480 e. The van der Waals surface area contributed by atoms with Crippen molar-refractivity contribution in [2.24, 2.45) is 0 Å². The molecule has 1 rings (SSSR count). The smallest absolute Gasteiger partial charge is 0.329 e. The Bertz CT molecular complexity index is 362. The average molecular weight is 285 g/mol. The molecule has 1 aliphatic rings. The lowest BCUT2D eigenvalue weighted by Gasteiger charge is -2.31. The van der Waals surface area contributed by atoms with Crippen LogP contribution in [-0.2, 0) is 4.79 Å². The van der Waals surface area contributed by atoms with Gasteiger partial charge in [0.05, 0.1) is 0 Å². The second-order valence-corrected chi connectivity index (χ2v) is 5.73. The number of likely N-dealkylation sites (tertiary alicyclic amines) is 1. The zero-order chi connectivity index (χ0) is 15.3. The number of likely N-dealkylation sites (N-methyl/N-ethyl adjacent to an activating group) is 2. The van der Waals surface area contributed by atoms with Crippen molar-refractivity contribution in [2.45, 2.75) is 51.6 Å². The van der Waals surface area contributed by atoms with Crippen molar-refractivity contribution in [3.8, 4) is 0 Å². The van der Waals surface area contributed by atoms with Crippen LogP contribution in [0.3, 0.4) is 0 Å². The number of carboxylic acid groups (broad SMARTS) is 1. The molecule has 2 amide bonds. The summed E-state index contributed by atoms with van der Waals surface area (Å²) in [6.07, 6.45) is 2.61. The number of rotatable bonds is 6. The molecule has 1 aliphatic heterocycles. The highest BCUT2D eigenvalue weighted by atomic mass is 16.4. The van der Waals surface area contributed by atoms with Gasteiger partial charge in [0.25, 0.3) is 0 Å². The fourth-order valence-corrected chi connectivity index (χ4v) is 2.54. The Morgan fingerprint density at radius 2 is 2.10 bits per heavy atom. The molecule has 20 heavy (non-hydrogen) atoms. The normalized spacial score (nSPS) is 22.3. The first-order valence-corrected chi connectivity index (χ1v) is 7.34. The zero-order valence-corrected chi connectivity index (χ0v) is 13.0. The molecule has 0 aromatic heterocycles. The minimum absolute atomic E-state index is 0.320. The molecule has 1 heterocycles. The summed E-state index contributed by atoms with van der Waals surface area (Å²) in [5.41, 5.74) is -1.20. The van der Waals surface area contributed by atoms with E-state index in [-0.39, 0.29) is 6.03 Å². The molecule has 2 N–H and O–H groups in total. The number of carbonyl (C=O) groups is 2. The van der Waals surface area contributed by atoms with Gasteiger partial charge < -0.3 is 15.3 Å². The van der Waals surface area contributed by atoms with Crippen molar-refractivity contribution in [2.75, 3.05) is 26.7 Å². The summed E-state index contributed by atoms with van der Waals surface area (Å²) in [4.78, 5) is 27.3. The van der Waals surface area contributed by atoms with Gasteiger partial charge in [0.15, 0.2) is 0 Å². The number of carbonyl (C=O) groups excluding carboxylic acids is 1. The van der Waals surface area contributed by atoms with Crippen LogP contribution >= 0.6 is 0 Å². The van der Waals surface area contributed by atoms with E-state index in [1.165, 1.54) is 6.92 Å². The zero-order valence-electron chi connectivity index (χ0n) is 13.0. The molecule has 116 valence electrons. The number of nitrogens with zero attached hydrogens (tertiary/aromatic N) is 2. The third kappa shape index (κ3) is 3.85. The summed E-state index contributed by atoms with van der Waals surface area (Å²) in [6, 6.07) is 0.0631. The molecular weight excluding hydrogens is 258 g/mol. The molecule has 6 heteroatoms. The molecule has 0 aromatic rings. The van der Waals surface area contributed by atoms with Crippen LogP contribution in [0.1, 0.15) is 40.0 Å². The maximum Gasteiger partial charge on any atom is 0.329 e. The quantitative estimate of drug-likeness (QED) is 0.773. The monoisotopic (exact) mass is 285 g/mol. The molecule has 0 aromatic carbocycles. The van der Waals surface area contributed by atoms with Gasteiger partial charge in [0, 0.05) is 19.6 Å². The van der Waals surface area contributed by atoms with Crippen LogP contribution in [0.15, 0.2) is 0 Å². The standard InChI is InChI=1S/C14H27N3O3/c1-5-14(3,12(18)19)15-13(20)16(4)10-11-8-7-9-17(11)6-2/h11H,5-10H2,1-4H3,(H,15,20)(H,18,19). The third-order valence-corrected chi connectivity index (χ3v) is 4.30. The number of nitrogens with one attached hydrogen (secondary N) is 1. The van der Waals surface area contributed by atoms with Crippen LogP contribution in [-0.4, -0.2) is 65.2 Å². The Kier molecular flexibility index (Phi) is 5.80. The summed E-state index contributed by atoms with van der Waals surface area (Å²) >= 11 is 0. The van der Waals surface area contributed by atoms with E-state index in [0.29, 0.717) is 19.0 Å². The van der Waals surface area contributed by atoms with Gasteiger partial charge in [0.2, 0.25) is 0 Å². The predicted molar refractivity (Wildman–Crippen MR) is 77.8 cm³/mol. The van der Waals surface area contributed by atoms with Crippen LogP contribution in [0.4, 0.5) is 4.79 Å². The number of hydrogen-bond acceptors (Lipinski definition) is 3. The number of carboxylic acids is 1. The number of aliphatic carboxylic acids is 1. The molecule has 2 atom stereocenters. The lowest BCUT2D eigenvalue weighted by atomic mass is 10.00. The Labute approximate surface area is 121 Å². The lowest BCUT2D eigenvalue weighted by Crippen LogP contribution is -2.56. The van der Waals surface area contributed by atoms with Crippen molar-refractivity contribution in [3.63, 3.8) is 0 Å². The number of hydrogen-bond donors (Lipinski definition) is 2. The van der Waals surface area contributed by atoms with Gasteiger partial charge in [-0.15, -0.1) is 0 Å². The summed E-state index contributed by atoms with van der Waals surface area (Å²) in [7, 11) is 1.72. The molecular formula is C14H27N3O3. The Hall–Kier alpha value is -1.30. The molecule has 0 bridgehead atoms. The Balaban J connectivity index is 2.57. The first kappa shape index (κ1) is 16.8. The van der Waals surface area contributed by atoms with E-state index in [2.05, 4.69) is 17.1 Å². The second-order valence-electron chi connectivity index (χ2n) is 5.73. The molecule has 6 nitrogen and oxygen atoms in total. The molecule has 0 spiro atoms. The summed E-state index contributed by atoms with van der Waals surface area (Å²) in [5, 5.41) is 11.8. The summed E-state index contributed by atoms with van der Waals surface area (Å²) in [6.45, 7) is 8.12. The highest BCUT2D eigenvalue weighted by Crippen LogP contribution is 2.17. The van der Waals surface area contributed by atoms with Crippen molar-refractivity contribution in [1.82, 2.24) is 15.1 Å². The van der Waals surface area contributed by atoms with E-state index in [0.717, 1.165) is 25.9 Å². The Morgan fingerprint density at radius 1 is 1.45 bits per heavy atom. The highest BCUT2D eigenvalue weighted by molar-refractivity contribution is 5.85. The minimum atomic E-state index is -1.20. The van der Waals surface area contributed by atoms with Gasteiger partial charge in [0.1, 0.15) is 5.54 Å². The first-order chi connectivity index (χ1) is 9.34. The fraction of sp³-hybridized carbons (Fsp3) is 0.857. The van der Waals surface area contributed by atoms with Crippen molar-refractivity contribution >= 4 is 12.0 Å². The van der Waals surface area contributed by atoms with E-state index < -0.39 is 11.5 Å². The molecule has 0 aliphatic carbocycles. The summed E-state index contributed by atoms with van der Waals surface area (Å²) in [5.74, 6) is -1.00. The van der Waals surface area contributed by atoms with Gasteiger partial charge in [-0.2, -0.15) is 0 Å². The topological polar surface area (TPSA) is 72.9 Å². The Morgan fingerprint density at radius 3 is 2.60 bits per heavy atom. The van der Waals surface area contributed by atoms with Crippen molar-refractivity contribution in [1.29, 1.82) is 0 Å². The van der Waals surface area contributed by atoms with E-state index in [4.69, 9.17) is 0 Å². The molecule has 1 saturated heterocycles. The van der Waals surface area contributed by atoms with E-state index >= 15 is 0 Å². The lowest BCUT2D eigenvalue weighted by molar-refractivity contribution is -0.143. The summed E-state index contributed by atoms with van der Waals surface area (Å²) < 4.78 is 0. The van der Waals surface area contributed by atoms with Crippen LogP contribution < -0.4 is 5.32 Å². The molecule has 2 unspecified atom stereocenters. The van der Waals surface area contributed by atoms with Crippen molar-refractivity contribution in [3.05, 3.63) is 0 Å². The maximum absolute atomic E-state index is 12.1. The van der Waals surface area contributed by atoms with Gasteiger partial charge in [-0.25, -0.2) is 9.59 Å². The van der Waals surface area contributed by atoms with E-state index in [1.807, 2.05) is 0 Å². The molecule has 0 saturated carbocycles. The average Bonchev–Trinajstić information content (AvgIpc) is 2.85. The molecule has 1 fully saturated rings. The van der Waals surface area contributed by atoms with Gasteiger partial charge in [-0.05, 0) is 39.3 Å². The van der Waals surface area contributed by atoms with Crippen LogP contribution in [0.5, 0.6) is 0 Å². The van der Waals surface area contributed by atoms with Crippen molar-refractivity contribution < 1.29 is 14.7 Å². The maximum atomic E-state index is 12.1. The predicted octanol–water partition coefficient (Wildman–Crippen LogP) is 1.37. The second kappa shape index (κ2) is 6.92. The van der Waals surface area contributed by atoms with Gasteiger partial charge >= 0.3 is 12.0 Å². The fourth-order valence-electron chi connectivity index (χ4n) is 2.54. The first-order valence-electron chi connectivity index (χ1n) is 7.34. The van der Waals surface area contributed by atoms with Crippen LogP contribution in [0.25, 0.3) is 0 Å². The molecule has 0 radical (unpaired) electrons. The van der Waals surface area contributed by atoms with Gasteiger partial charge in [-0.3, -0.25) is 4.90 Å². The van der Waals surface area contributed by atoms with Crippen LogP contribution in [0, 0.1) is 0 Å². The van der Waals surface area contributed by atoms with E-state index in [9.17, 15) is 14.7 Å². The number of urea groups is 1. The third-order valence-electron chi connectivity index (χ3n) is 4.30.